The second-order valence-corrected chi connectivity index (χ2v) is 5.14. The molecule has 90 valence electrons. The van der Waals surface area contributed by atoms with Crippen LogP contribution in [0.5, 0.6) is 0 Å². The van der Waals surface area contributed by atoms with E-state index < -0.39 is 0 Å². The van der Waals surface area contributed by atoms with Crippen LogP contribution in [0.15, 0.2) is 6.33 Å². The maximum Gasteiger partial charge on any atom is 0.134 e. The molecule has 0 aliphatic rings. The zero-order valence-corrected chi connectivity index (χ0v) is 10.9. The zero-order valence-electron chi connectivity index (χ0n) is 10.9. The van der Waals surface area contributed by atoms with Crippen LogP contribution >= 0.6 is 0 Å². The SMILES string of the molecule is CCNc1ncnc(NCC(C)(C)C)c1C. The number of nitrogens with zero attached hydrogens (tertiary/aromatic N) is 2. The van der Waals surface area contributed by atoms with Crippen molar-refractivity contribution in [2.45, 2.75) is 34.6 Å². The zero-order chi connectivity index (χ0) is 12.2. The molecule has 4 nitrogen and oxygen atoms in total. The quantitative estimate of drug-likeness (QED) is 0.822. The Morgan fingerprint density at radius 2 is 1.69 bits per heavy atom. The van der Waals surface area contributed by atoms with E-state index in [1.54, 1.807) is 6.33 Å². The molecule has 0 aromatic carbocycles. The maximum atomic E-state index is 4.26. The highest BCUT2D eigenvalue weighted by atomic mass is 15.1. The van der Waals surface area contributed by atoms with Gasteiger partial charge in [0.25, 0.3) is 0 Å². The average Bonchev–Trinajstić information content (AvgIpc) is 2.18. The van der Waals surface area contributed by atoms with E-state index in [4.69, 9.17) is 0 Å². The fourth-order valence-electron chi connectivity index (χ4n) is 1.32. The van der Waals surface area contributed by atoms with Crippen LogP contribution in [0.1, 0.15) is 33.3 Å². The Morgan fingerprint density at radius 3 is 2.19 bits per heavy atom. The van der Waals surface area contributed by atoms with Gasteiger partial charge in [-0.15, -0.1) is 0 Å². The van der Waals surface area contributed by atoms with Gasteiger partial charge in [-0.1, -0.05) is 20.8 Å². The van der Waals surface area contributed by atoms with E-state index in [1.807, 2.05) is 6.92 Å². The first-order chi connectivity index (χ1) is 7.44. The molecule has 1 aromatic rings. The Labute approximate surface area is 97.9 Å². The number of hydrogen-bond donors (Lipinski definition) is 2. The summed E-state index contributed by atoms with van der Waals surface area (Å²) < 4.78 is 0. The van der Waals surface area contributed by atoms with Crippen molar-refractivity contribution in [2.24, 2.45) is 5.41 Å². The van der Waals surface area contributed by atoms with Gasteiger partial charge in [-0.3, -0.25) is 0 Å². The van der Waals surface area contributed by atoms with E-state index in [0.717, 1.165) is 30.3 Å². The third kappa shape index (κ3) is 3.68. The van der Waals surface area contributed by atoms with Crippen LogP contribution in [0.25, 0.3) is 0 Å². The molecule has 0 radical (unpaired) electrons. The Balaban J connectivity index is 2.77. The van der Waals surface area contributed by atoms with Gasteiger partial charge in [-0.25, -0.2) is 9.97 Å². The molecule has 0 bridgehead atoms. The molecule has 0 unspecified atom stereocenters. The smallest absolute Gasteiger partial charge is 0.134 e. The highest BCUT2D eigenvalue weighted by Crippen LogP contribution is 2.20. The lowest BCUT2D eigenvalue weighted by atomic mass is 9.97. The fourth-order valence-corrected chi connectivity index (χ4v) is 1.32. The topological polar surface area (TPSA) is 49.8 Å². The first-order valence-electron chi connectivity index (χ1n) is 5.73. The first-order valence-corrected chi connectivity index (χ1v) is 5.73. The first kappa shape index (κ1) is 12.7. The Bertz CT molecular complexity index is 341. The molecular weight excluding hydrogens is 200 g/mol. The van der Waals surface area contributed by atoms with Gasteiger partial charge < -0.3 is 10.6 Å². The molecule has 1 heterocycles. The van der Waals surface area contributed by atoms with E-state index in [9.17, 15) is 0 Å². The highest BCUT2D eigenvalue weighted by Gasteiger charge is 2.12. The summed E-state index contributed by atoms with van der Waals surface area (Å²) in [5, 5.41) is 6.58. The minimum atomic E-state index is 0.246. The number of hydrogen-bond acceptors (Lipinski definition) is 4. The molecule has 0 fully saturated rings. The minimum Gasteiger partial charge on any atom is -0.370 e. The monoisotopic (exact) mass is 222 g/mol. The normalized spacial score (nSPS) is 11.3. The van der Waals surface area contributed by atoms with Crippen molar-refractivity contribution in [2.75, 3.05) is 23.7 Å². The van der Waals surface area contributed by atoms with E-state index in [2.05, 4.69) is 48.3 Å². The molecule has 0 spiro atoms. The Kier molecular flexibility index (Phi) is 4.10. The second-order valence-electron chi connectivity index (χ2n) is 5.14. The van der Waals surface area contributed by atoms with Crippen molar-refractivity contribution in [3.05, 3.63) is 11.9 Å². The third-order valence-electron chi connectivity index (χ3n) is 2.21. The number of rotatable bonds is 4. The molecule has 0 saturated carbocycles. The number of nitrogens with one attached hydrogen (secondary N) is 2. The lowest BCUT2D eigenvalue weighted by Gasteiger charge is -2.20. The maximum absolute atomic E-state index is 4.26. The summed E-state index contributed by atoms with van der Waals surface area (Å²) in [4.78, 5) is 8.47. The Hall–Kier alpha value is -1.32. The fraction of sp³-hybridized carbons (Fsp3) is 0.667. The van der Waals surface area contributed by atoms with E-state index >= 15 is 0 Å². The van der Waals surface area contributed by atoms with Gasteiger partial charge in [-0.2, -0.15) is 0 Å². The predicted octanol–water partition coefficient (Wildman–Crippen LogP) is 2.67. The van der Waals surface area contributed by atoms with Gasteiger partial charge in [0.1, 0.15) is 18.0 Å². The second kappa shape index (κ2) is 5.14. The van der Waals surface area contributed by atoms with Gasteiger partial charge in [0.15, 0.2) is 0 Å². The summed E-state index contributed by atoms with van der Waals surface area (Å²) in [5.41, 5.74) is 1.32. The van der Waals surface area contributed by atoms with Crippen LogP contribution in [0.3, 0.4) is 0 Å². The highest BCUT2D eigenvalue weighted by molar-refractivity contribution is 5.56. The van der Waals surface area contributed by atoms with Crippen LogP contribution in [0, 0.1) is 12.3 Å². The summed E-state index contributed by atoms with van der Waals surface area (Å²) in [6, 6.07) is 0. The van der Waals surface area contributed by atoms with Crippen molar-refractivity contribution in [3.8, 4) is 0 Å². The lowest BCUT2D eigenvalue weighted by Crippen LogP contribution is -2.20. The third-order valence-corrected chi connectivity index (χ3v) is 2.21. The number of anilines is 2. The van der Waals surface area contributed by atoms with Crippen molar-refractivity contribution in [1.82, 2.24) is 9.97 Å². The van der Waals surface area contributed by atoms with Gasteiger partial charge in [0.2, 0.25) is 0 Å². The Morgan fingerprint density at radius 1 is 1.12 bits per heavy atom. The van der Waals surface area contributed by atoms with E-state index in [0.29, 0.717) is 0 Å². The predicted molar refractivity (Wildman–Crippen MR) is 68.9 cm³/mol. The average molecular weight is 222 g/mol. The molecule has 0 saturated heterocycles. The van der Waals surface area contributed by atoms with Gasteiger partial charge in [0.05, 0.1) is 0 Å². The molecule has 0 aliphatic carbocycles. The lowest BCUT2D eigenvalue weighted by molar-refractivity contribution is 0.442. The van der Waals surface area contributed by atoms with Crippen LogP contribution in [0.2, 0.25) is 0 Å². The largest absolute Gasteiger partial charge is 0.370 e. The van der Waals surface area contributed by atoms with Crippen molar-refractivity contribution in [1.29, 1.82) is 0 Å². The standard InChI is InChI=1S/C12H22N4/c1-6-13-10-9(2)11(16-8-15-10)14-7-12(3,4)5/h8H,6-7H2,1-5H3,(H2,13,14,15,16). The molecule has 1 rings (SSSR count). The summed E-state index contributed by atoms with van der Waals surface area (Å²) in [6.45, 7) is 12.4. The van der Waals surface area contributed by atoms with Crippen LogP contribution < -0.4 is 10.6 Å². The molecule has 2 N–H and O–H groups in total. The van der Waals surface area contributed by atoms with Crippen LogP contribution in [-0.2, 0) is 0 Å². The van der Waals surface area contributed by atoms with Crippen molar-refractivity contribution >= 4 is 11.6 Å². The summed E-state index contributed by atoms with van der Waals surface area (Å²) in [5.74, 6) is 1.83. The molecule has 16 heavy (non-hydrogen) atoms. The van der Waals surface area contributed by atoms with Crippen LogP contribution in [0.4, 0.5) is 11.6 Å². The van der Waals surface area contributed by atoms with Gasteiger partial charge >= 0.3 is 0 Å². The summed E-state index contributed by atoms with van der Waals surface area (Å²) >= 11 is 0. The minimum absolute atomic E-state index is 0.246. The van der Waals surface area contributed by atoms with Gasteiger partial charge in [0, 0.05) is 18.7 Å². The summed E-state index contributed by atoms with van der Waals surface area (Å²) in [6.07, 6.45) is 1.59. The molecule has 0 amide bonds. The summed E-state index contributed by atoms with van der Waals surface area (Å²) in [7, 11) is 0. The van der Waals surface area contributed by atoms with Crippen molar-refractivity contribution < 1.29 is 0 Å². The van der Waals surface area contributed by atoms with Crippen molar-refractivity contribution in [3.63, 3.8) is 0 Å². The molecule has 0 atom stereocenters. The van der Waals surface area contributed by atoms with Gasteiger partial charge in [-0.05, 0) is 19.3 Å². The molecule has 1 aromatic heterocycles. The van der Waals surface area contributed by atoms with Crippen LogP contribution in [-0.4, -0.2) is 23.1 Å². The molecule has 0 aliphatic heterocycles. The van der Waals surface area contributed by atoms with E-state index in [-0.39, 0.29) is 5.41 Å². The number of aromatic nitrogens is 2. The van der Waals surface area contributed by atoms with E-state index in [1.165, 1.54) is 0 Å². The molecular formula is C12H22N4. The molecule has 4 heteroatoms.